The van der Waals surface area contributed by atoms with Gasteiger partial charge in [0.2, 0.25) is 0 Å². The van der Waals surface area contributed by atoms with Crippen LogP contribution in [0.3, 0.4) is 0 Å². The van der Waals surface area contributed by atoms with E-state index in [1.54, 1.807) is 19.1 Å². The van der Waals surface area contributed by atoms with Gasteiger partial charge in [-0.25, -0.2) is 8.42 Å². The van der Waals surface area contributed by atoms with E-state index >= 15 is 0 Å². The SMILES string of the molecule is C[C@]1(c2ccccc2)C[C@@]1(NS(=O)(=O)c1ccc(-c2ccc3c(c2)OCCO3)s1)C(=O)O. The number of carboxylic acid groups (broad SMARTS) is 1. The zero-order chi connectivity index (χ0) is 22.6. The van der Waals surface area contributed by atoms with Gasteiger partial charge >= 0.3 is 5.97 Å². The van der Waals surface area contributed by atoms with Gasteiger partial charge in [0.15, 0.2) is 11.5 Å². The smallest absolute Gasteiger partial charge is 0.325 e. The molecule has 1 saturated carbocycles. The number of carbonyl (C=O) groups is 1. The van der Waals surface area contributed by atoms with Crippen molar-refractivity contribution in [2.24, 2.45) is 0 Å². The van der Waals surface area contributed by atoms with Crippen LogP contribution in [0.5, 0.6) is 11.5 Å². The van der Waals surface area contributed by atoms with E-state index in [1.807, 2.05) is 42.5 Å². The van der Waals surface area contributed by atoms with E-state index in [0.717, 1.165) is 27.3 Å². The zero-order valence-corrected chi connectivity index (χ0v) is 18.8. The highest BCUT2D eigenvalue weighted by Gasteiger charge is 2.72. The minimum absolute atomic E-state index is 0.0605. The predicted octanol–water partition coefficient (Wildman–Crippen LogP) is 3.65. The number of nitrogens with one attached hydrogen (secondary N) is 1. The highest BCUT2D eigenvalue weighted by atomic mass is 32.2. The molecule has 1 aromatic heterocycles. The Morgan fingerprint density at radius 2 is 1.75 bits per heavy atom. The van der Waals surface area contributed by atoms with Crippen molar-refractivity contribution in [2.45, 2.75) is 28.5 Å². The monoisotopic (exact) mass is 471 g/mol. The van der Waals surface area contributed by atoms with Crippen LogP contribution in [0.1, 0.15) is 18.9 Å². The third-order valence-electron chi connectivity index (χ3n) is 6.19. The molecular weight excluding hydrogens is 450 g/mol. The van der Waals surface area contributed by atoms with Gasteiger partial charge in [-0.2, -0.15) is 4.72 Å². The third kappa shape index (κ3) is 3.28. The summed E-state index contributed by atoms with van der Waals surface area (Å²) in [6, 6.07) is 17.8. The lowest BCUT2D eigenvalue weighted by molar-refractivity contribution is -0.140. The molecule has 9 heteroatoms. The van der Waals surface area contributed by atoms with Crippen LogP contribution < -0.4 is 14.2 Å². The van der Waals surface area contributed by atoms with Gasteiger partial charge in [-0.1, -0.05) is 37.3 Å². The Balaban J connectivity index is 1.43. The van der Waals surface area contributed by atoms with E-state index in [9.17, 15) is 18.3 Å². The molecule has 166 valence electrons. The first-order valence-corrected chi connectivity index (χ1v) is 12.4. The number of ether oxygens (including phenoxy) is 2. The Labute approximate surface area is 189 Å². The summed E-state index contributed by atoms with van der Waals surface area (Å²) in [5, 5.41) is 9.96. The highest BCUT2D eigenvalue weighted by Crippen LogP contribution is 2.58. The number of thiophene rings is 1. The van der Waals surface area contributed by atoms with Crippen molar-refractivity contribution in [3.05, 3.63) is 66.2 Å². The second-order valence-electron chi connectivity index (χ2n) is 8.17. The molecule has 2 N–H and O–H groups in total. The van der Waals surface area contributed by atoms with Crippen molar-refractivity contribution in [2.75, 3.05) is 13.2 Å². The van der Waals surface area contributed by atoms with Crippen LogP contribution in [0.15, 0.2) is 64.9 Å². The van der Waals surface area contributed by atoms with Gasteiger partial charge in [0, 0.05) is 10.3 Å². The van der Waals surface area contributed by atoms with Crippen LogP contribution in [0.4, 0.5) is 0 Å². The number of sulfonamides is 1. The first-order chi connectivity index (χ1) is 15.3. The predicted molar refractivity (Wildman–Crippen MR) is 120 cm³/mol. The van der Waals surface area contributed by atoms with Gasteiger partial charge < -0.3 is 14.6 Å². The van der Waals surface area contributed by atoms with Gasteiger partial charge in [-0.15, -0.1) is 11.3 Å². The largest absolute Gasteiger partial charge is 0.486 e. The number of rotatable bonds is 6. The molecule has 0 unspecified atom stereocenters. The minimum atomic E-state index is -4.05. The molecule has 3 aromatic rings. The molecule has 0 bridgehead atoms. The number of hydrogen-bond donors (Lipinski definition) is 2. The van der Waals surface area contributed by atoms with E-state index in [1.165, 1.54) is 6.07 Å². The summed E-state index contributed by atoms with van der Waals surface area (Å²) in [5.41, 5.74) is -0.834. The van der Waals surface area contributed by atoms with E-state index in [0.29, 0.717) is 24.7 Å². The molecule has 7 nitrogen and oxygen atoms in total. The zero-order valence-electron chi connectivity index (χ0n) is 17.2. The normalized spacial score (nSPS) is 24.2. The van der Waals surface area contributed by atoms with Crippen molar-refractivity contribution in [3.63, 3.8) is 0 Å². The maximum Gasteiger partial charge on any atom is 0.325 e. The van der Waals surface area contributed by atoms with E-state index in [-0.39, 0.29) is 10.6 Å². The molecule has 0 saturated heterocycles. The number of carboxylic acids is 1. The van der Waals surface area contributed by atoms with Crippen molar-refractivity contribution >= 4 is 27.3 Å². The van der Waals surface area contributed by atoms with Gasteiger partial charge in [-0.3, -0.25) is 4.79 Å². The van der Waals surface area contributed by atoms with E-state index < -0.39 is 26.9 Å². The molecule has 1 aliphatic carbocycles. The van der Waals surface area contributed by atoms with Crippen LogP contribution in [0.25, 0.3) is 10.4 Å². The summed E-state index contributed by atoms with van der Waals surface area (Å²) in [6.45, 7) is 2.72. The first-order valence-electron chi connectivity index (χ1n) is 10.1. The fourth-order valence-electron chi connectivity index (χ4n) is 4.24. The van der Waals surface area contributed by atoms with Crippen molar-refractivity contribution in [1.29, 1.82) is 0 Å². The number of aliphatic carboxylic acids is 1. The Bertz CT molecular complexity index is 1300. The van der Waals surface area contributed by atoms with E-state index in [2.05, 4.69) is 4.72 Å². The second kappa shape index (κ2) is 7.33. The Hall–Kier alpha value is -2.88. The maximum absolute atomic E-state index is 13.2. The molecule has 5 rings (SSSR count). The molecule has 0 radical (unpaired) electrons. The fraction of sp³-hybridized carbons (Fsp3) is 0.261. The number of benzene rings is 2. The average molecular weight is 472 g/mol. The number of fused-ring (bicyclic) bond motifs is 1. The molecule has 2 atom stereocenters. The molecule has 2 heterocycles. The Morgan fingerprint density at radius 1 is 1.03 bits per heavy atom. The van der Waals surface area contributed by atoms with Crippen LogP contribution in [0.2, 0.25) is 0 Å². The molecule has 1 fully saturated rings. The van der Waals surface area contributed by atoms with Crippen molar-refractivity contribution in [3.8, 4) is 21.9 Å². The number of hydrogen-bond acceptors (Lipinski definition) is 6. The van der Waals surface area contributed by atoms with Crippen LogP contribution in [0, 0.1) is 0 Å². The fourth-order valence-corrected chi connectivity index (χ4v) is 7.00. The van der Waals surface area contributed by atoms with Crippen molar-refractivity contribution < 1.29 is 27.8 Å². The lowest BCUT2D eigenvalue weighted by Crippen LogP contribution is -2.47. The van der Waals surface area contributed by atoms with Gasteiger partial charge in [0.1, 0.15) is 23.0 Å². The molecule has 32 heavy (non-hydrogen) atoms. The lowest BCUT2D eigenvalue weighted by Gasteiger charge is -2.20. The summed E-state index contributed by atoms with van der Waals surface area (Å²) in [5.74, 6) is 0.0885. The summed E-state index contributed by atoms with van der Waals surface area (Å²) in [7, 11) is -4.05. The molecule has 2 aliphatic rings. The quantitative estimate of drug-likeness (QED) is 0.569. The van der Waals surface area contributed by atoms with Gasteiger partial charge in [0.05, 0.1) is 0 Å². The van der Waals surface area contributed by atoms with Crippen LogP contribution in [-0.2, 0) is 20.2 Å². The third-order valence-corrected chi connectivity index (χ3v) is 9.31. The van der Waals surface area contributed by atoms with Crippen molar-refractivity contribution in [1.82, 2.24) is 4.72 Å². The summed E-state index contributed by atoms with van der Waals surface area (Å²) < 4.78 is 40.1. The molecule has 2 aromatic carbocycles. The van der Waals surface area contributed by atoms with Gasteiger partial charge in [0.25, 0.3) is 10.0 Å². The second-order valence-corrected chi connectivity index (χ2v) is 11.2. The molecule has 1 aliphatic heterocycles. The maximum atomic E-state index is 13.2. The van der Waals surface area contributed by atoms with Crippen LogP contribution in [-0.4, -0.2) is 38.2 Å². The Kier molecular flexibility index (Phi) is 4.81. The highest BCUT2D eigenvalue weighted by molar-refractivity contribution is 7.91. The standard InChI is InChI=1S/C23H21NO6S2/c1-22(16-5-3-2-4-6-16)14-23(22,21(25)26)24-32(27,28)20-10-9-19(31-20)15-7-8-17-18(13-15)30-12-11-29-17/h2-10,13,24H,11-12,14H2,1H3,(H,25,26)/t22-,23-/m1/s1. The topological polar surface area (TPSA) is 102 Å². The molecule has 0 spiro atoms. The molecular formula is C23H21NO6S2. The van der Waals surface area contributed by atoms with Crippen LogP contribution >= 0.6 is 11.3 Å². The van der Waals surface area contributed by atoms with E-state index in [4.69, 9.17) is 9.47 Å². The average Bonchev–Trinajstić information content (AvgIpc) is 3.14. The first kappa shape index (κ1) is 21.0. The molecule has 0 amide bonds. The minimum Gasteiger partial charge on any atom is -0.486 e. The summed E-state index contributed by atoms with van der Waals surface area (Å²) in [6.07, 6.45) is 0.180. The lowest BCUT2D eigenvalue weighted by atomic mass is 9.93. The Morgan fingerprint density at radius 3 is 2.47 bits per heavy atom. The summed E-state index contributed by atoms with van der Waals surface area (Å²) in [4.78, 5) is 12.9. The van der Waals surface area contributed by atoms with Gasteiger partial charge in [-0.05, 0) is 47.9 Å². The summed E-state index contributed by atoms with van der Waals surface area (Å²) >= 11 is 1.08.